The van der Waals surface area contributed by atoms with E-state index in [1.807, 2.05) is 50.2 Å². The number of hydrogen-bond acceptors (Lipinski definition) is 5. The first kappa shape index (κ1) is 20.1. The molecule has 6 heteroatoms. The van der Waals surface area contributed by atoms with Crippen molar-refractivity contribution in [3.05, 3.63) is 99.3 Å². The van der Waals surface area contributed by atoms with Gasteiger partial charge in [-0.05, 0) is 55.3 Å². The quantitative estimate of drug-likeness (QED) is 0.420. The van der Waals surface area contributed by atoms with Gasteiger partial charge in [-0.2, -0.15) is 0 Å². The minimum atomic E-state index is -0.603. The molecular weight excluding hydrogens is 406 g/mol. The summed E-state index contributed by atoms with van der Waals surface area (Å²) in [7, 11) is 0. The minimum absolute atomic E-state index is 0.0859. The van der Waals surface area contributed by atoms with E-state index in [9.17, 15) is 9.59 Å². The molecule has 6 nitrogen and oxygen atoms in total. The van der Waals surface area contributed by atoms with E-state index in [0.717, 1.165) is 17.5 Å². The highest BCUT2D eigenvalue weighted by Crippen LogP contribution is 2.40. The van der Waals surface area contributed by atoms with Gasteiger partial charge in [0, 0.05) is 0 Å². The normalized spacial score (nSPS) is 15.4. The van der Waals surface area contributed by atoms with Gasteiger partial charge in [0.1, 0.15) is 17.1 Å². The average molecular weight is 429 g/mol. The van der Waals surface area contributed by atoms with Crippen LogP contribution in [0.3, 0.4) is 0 Å². The maximum absolute atomic E-state index is 13.6. The number of carbonyl (C=O) groups is 1. The largest absolute Gasteiger partial charge is 0.494 e. The second-order valence-corrected chi connectivity index (χ2v) is 8.01. The van der Waals surface area contributed by atoms with Gasteiger partial charge in [-0.1, -0.05) is 30.7 Å². The van der Waals surface area contributed by atoms with E-state index in [2.05, 4.69) is 0 Å². The fourth-order valence-electron chi connectivity index (χ4n) is 4.21. The van der Waals surface area contributed by atoms with Gasteiger partial charge >= 0.3 is 0 Å². The first-order valence-electron chi connectivity index (χ1n) is 10.7. The van der Waals surface area contributed by atoms with Crippen molar-refractivity contribution in [1.29, 1.82) is 0 Å². The molecule has 0 spiro atoms. The molecule has 4 aromatic rings. The number of nitrogens with zero attached hydrogens (tertiary/aromatic N) is 1. The molecule has 1 amide bonds. The van der Waals surface area contributed by atoms with Crippen LogP contribution >= 0.6 is 0 Å². The minimum Gasteiger partial charge on any atom is -0.494 e. The van der Waals surface area contributed by atoms with E-state index in [1.165, 1.54) is 0 Å². The lowest BCUT2D eigenvalue weighted by Crippen LogP contribution is -2.29. The molecule has 2 aromatic carbocycles. The molecule has 0 radical (unpaired) electrons. The van der Waals surface area contributed by atoms with Crippen molar-refractivity contribution in [2.24, 2.45) is 0 Å². The van der Waals surface area contributed by atoms with Gasteiger partial charge in [-0.25, -0.2) is 0 Å². The third-order valence-corrected chi connectivity index (χ3v) is 5.67. The fourth-order valence-corrected chi connectivity index (χ4v) is 4.21. The molecule has 5 rings (SSSR count). The molecule has 32 heavy (non-hydrogen) atoms. The van der Waals surface area contributed by atoms with E-state index in [0.29, 0.717) is 34.6 Å². The molecule has 0 fully saturated rings. The molecule has 1 aliphatic rings. The summed E-state index contributed by atoms with van der Waals surface area (Å²) < 4.78 is 17.3. The first-order valence-corrected chi connectivity index (χ1v) is 10.7. The molecule has 0 bridgehead atoms. The SMILES string of the molecule is CCCOc1cccc([C@H]2c3c(oc4ccc(C)cc4c3=O)C(=O)N2Cc2ccco2)c1. The maximum atomic E-state index is 13.6. The van der Waals surface area contributed by atoms with Crippen molar-refractivity contribution >= 4 is 16.9 Å². The summed E-state index contributed by atoms with van der Waals surface area (Å²) in [5.41, 5.74) is 2.31. The number of rotatable bonds is 6. The van der Waals surface area contributed by atoms with Gasteiger partial charge in [0.15, 0.2) is 5.43 Å². The number of hydrogen-bond donors (Lipinski definition) is 0. The number of aryl methyl sites for hydroxylation is 1. The summed E-state index contributed by atoms with van der Waals surface area (Å²) >= 11 is 0. The van der Waals surface area contributed by atoms with Gasteiger partial charge in [-0.3, -0.25) is 9.59 Å². The summed E-state index contributed by atoms with van der Waals surface area (Å²) in [6.07, 6.45) is 2.45. The lowest BCUT2D eigenvalue weighted by molar-refractivity contribution is 0.0701. The maximum Gasteiger partial charge on any atom is 0.291 e. The molecule has 3 heterocycles. The van der Waals surface area contributed by atoms with Crippen LogP contribution in [-0.2, 0) is 6.54 Å². The molecular formula is C26H23NO5. The Morgan fingerprint density at radius 1 is 1.06 bits per heavy atom. The monoisotopic (exact) mass is 429 g/mol. The highest BCUT2D eigenvalue weighted by Gasteiger charge is 2.43. The van der Waals surface area contributed by atoms with Crippen molar-refractivity contribution in [3.8, 4) is 5.75 Å². The lowest BCUT2D eigenvalue weighted by atomic mass is 9.98. The van der Waals surface area contributed by atoms with Crippen molar-refractivity contribution in [2.45, 2.75) is 32.9 Å². The van der Waals surface area contributed by atoms with Gasteiger partial charge < -0.3 is 18.5 Å². The summed E-state index contributed by atoms with van der Waals surface area (Å²) in [5.74, 6) is 1.08. The topological polar surface area (TPSA) is 72.9 Å². The average Bonchev–Trinajstić information content (AvgIpc) is 3.41. The van der Waals surface area contributed by atoms with Gasteiger partial charge in [-0.15, -0.1) is 0 Å². The molecule has 1 aliphatic heterocycles. The van der Waals surface area contributed by atoms with E-state index in [4.69, 9.17) is 13.6 Å². The number of carbonyl (C=O) groups excluding carboxylic acids is 1. The number of fused-ring (bicyclic) bond motifs is 2. The van der Waals surface area contributed by atoms with Gasteiger partial charge in [0.2, 0.25) is 5.76 Å². The first-order chi connectivity index (χ1) is 15.6. The van der Waals surface area contributed by atoms with E-state index < -0.39 is 6.04 Å². The molecule has 0 unspecified atom stereocenters. The number of furan rings is 1. The predicted octanol–water partition coefficient (Wildman–Crippen LogP) is 5.23. The number of amides is 1. The van der Waals surface area contributed by atoms with Gasteiger partial charge in [0.25, 0.3) is 5.91 Å². The Labute approximate surface area is 185 Å². The Bertz CT molecular complexity index is 1350. The molecule has 0 saturated heterocycles. The van der Waals surface area contributed by atoms with Crippen LogP contribution in [0.2, 0.25) is 0 Å². The van der Waals surface area contributed by atoms with Crippen molar-refractivity contribution in [3.63, 3.8) is 0 Å². The van der Waals surface area contributed by atoms with Crippen LogP contribution in [0.25, 0.3) is 11.0 Å². The van der Waals surface area contributed by atoms with E-state index in [-0.39, 0.29) is 23.6 Å². The second kappa shape index (κ2) is 8.04. The zero-order valence-electron chi connectivity index (χ0n) is 18.0. The van der Waals surface area contributed by atoms with Crippen LogP contribution < -0.4 is 10.2 Å². The molecule has 0 aliphatic carbocycles. The van der Waals surface area contributed by atoms with Crippen LogP contribution in [-0.4, -0.2) is 17.4 Å². The van der Waals surface area contributed by atoms with Crippen molar-refractivity contribution in [1.82, 2.24) is 4.90 Å². The van der Waals surface area contributed by atoms with E-state index >= 15 is 0 Å². The fraction of sp³-hybridized carbons (Fsp3) is 0.231. The number of ether oxygens (including phenoxy) is 1. The molecule has 2 aromatic heterocycles. The van der Waals surface area contributed by atoms with Crippen molar-refractivity contribution in [2.75, 3.05) is 6.61 Å². The standard InChI is InChI=1S/C26H23NO5/c1-3-11-30-18-7-4-6-17(14-18)23-22-24(28)20-13-16(2)9-10-21(20)32-25(22)26(29)27(23)15-19-8-5-12-31-19/h4-10,12-14,23H,3,11,15H2,1-2H3/t23-/m0/s1. The van der Waals surface area contributed by atoms with E-state index in [1.54, 1.807) is 29.4 Å². The van der Waals surface area contributed by atoms with Crippen LogP contribution in [0.5, 0.6) is 5.75 Å². The van der Waals surface area contributed by atoms with Crippen molar-refractivity contribution < 1.29 is 18.4 Å². The molecule has 0 saturated carbocycles. The highest BCUT2D eigenvalue weighted by atomic mass is 16.5. The Balaban J connectivity index is 1.70. The van der Waals surface area contributed by atoms with Crippen LogP contribution in [0, 0.1) is 6.92 Å². The molecule has 0 N–H and O–H groups in total. The Morgan fingerprint density at radius 2 is 1.94 bits per heavy atom. The Kier molecular flexibility index (Phi) is 5.05. The van der Waals surface area contributed by atoms with Gasteiger partial charge in [0.05, 0.1) is 36.4 Å². The van der Waals surface area contributed by atoms with Crippen LogP contribution in [0.1, 0.15) is 52.4 Å². The second-order valence-electron chi connectivity index (χ2n) is 8.01. The Hall–Kier alpha value is -3.80. The zero-order valence-corrected chi connectivity index (χ0v) is 18.0. The summed E-state index contributed by atoms with van der Waals surface area (Å²) in [6.45, 7) is 4.77. The third-order valence-electron chi connectivity index (χ3n) is 5.67. The molecule has 1 atom stereocenters. The highest BCUT2D eigenvalue weighted by molar-refractivity contribution is 5.99. The predicted molar refractivity (Wildman–Crippen MR) is 120 cm³/mol. The van der Waals surface area contributed by atoms with Crippen LogP contribution in [0.4, 0.5) is 0 Å². The summed E-state index contributed by atoms with van der Waals surface area (Å²) in [6, 6.07) is 15.9. The Morgan fingerprint density at radius 3 is 2.72 bits per heavy atom. The zero-order chi connectivity index (χ0) is 22.2. The molecule has 162 valence electrons. The lowest BCUT2D eigenvalue weighted by Gasteiger charge is -2.24. The van der Waals surface area contributed by atoms with Crippen LogP contribution in [0.15, 0.2) is 74.5 Å². The summed E-state index contributed by atoms with van der Waals surface area (Å²) in [4.78, 5) is 28.7. The summed E-state index contributed by atoms with van der Waals surface area (Å²) in [5, 5.41) is 0.472. The number of benzene rings is 2. The smallest absolute Gasteiger partial charge is 0.291 e. The third kappa shape index (κ3) is 3.38.